The standard InChI is InChI=1S/C23H24Cl2N6O3/c1-32-5-4-31-12-13(10-29-31)9-28-23-15-7-19(26)27-11-14(15)6-16(30-23)20-21(24)17(33-2)8-18(34-3)22(20)25/h6-8,10-12H,4-5,9H2,1-3H3,(H2,26,27)(H,28,30). The molecule has 0 unspecified atom stereocenters. The maximum Gasteiger partial charge on any atom is 0.141 e. The van der Waals surface area contributed by atoms with E-state index < -0.39 is 0 Å². The lowest BCUT2D eigenvalue weighted by Gasteiger charge is -2.16. The lowest BCUT2D eigenvalue weighted by Crippen LogP contribution is -2.05. The number of hydrogen-bond acceptors (Lipinski definition) is 8. The molecular weight excluding hydrogens is 479 g/mol. The van der Waals surface area contributed by atoms with Crippen molar-refractivity contribution in [2.45, 2.75) is 13.1 Å². The van der Waals surface area contributed by atoms with Crippen molar-refractivity contribution in [1.29, 1.82) is 0 Å². The van der Waals surface area contributed by atoms with Gasteiger partial charge in [0, 0.05) is 54.0 Å². The Morgan fingerprint density at radius 3 is 2.44 bits per heavy atom. The number of methoxy groups -OCH3 is 3. The van der Waals surface area contributed by atoms with Crippen molar-refractivity contribution < 1.29 is 14.2 Å². The topological polar surface area (TPSA) is 109 Å². The van der Waals surface area contributed by atoms with E-state index in [0.29, 0.717) is 64.1 Å². The van der Waals surface area contributed by atoms with Crippen LogP contribution in [-0.4, -0.2) is 47.7 Å². The summed E-state index contributed by atoms with van der Waals surface area (Å²) in [6, 6.07) is 5.26. The summed E-state index contributed by atoms with van der Waals surface area (Å²) >= 11 is 13.3. The zero-order chi connectivity index (χ0) is 24.2. The van der Waals surface area contributed by atoms with E-state index in [1.54, 1.807) is 31.6 Å². The molecule has 0 aliphatic carbocycles. The van der Waals surface area contributed by atoms with Gasteiger partial charge in [-0.15, -0.1) is 0 Å². The molecule has 3 heterocycles. The van der Waals surface area contributed by atoms with Gasteiger partial charge in [-0.2, -0.15) is 5.10 Å². The second-order valence-electron chi connectivity index (χ2n) is 7.43. The van der Waals surface area contributed by atoms with Gasteiger partial charge in [-0.3, -0.25) is 4.68 Å². The number of nitrogens with two attached hydrogens (primary N) is 1. The largest absolute Gasteiger partial charge is 0.495 e. The third-order valence-corrected chi connectivity index (χ3v) is 5.99. The van der Waals surface area contributed by atoms with Crippen LogP contribution in [0.5, 0.6) is 11.5 Å². The van der Waals surface area contributed by atoms with Gasteiger partial charge in [-0.1, -0.05) is 23.2 Å². The summed E-state index contributed by atoms with van der Waals surface area (Å²) in [6.07, 6.45) is 5.43. The Hall–Kier alpha value is -3.27. The number of nitrogen functional groups attached to an aromatic ring is 1. The molecule has 4 rings (SSSR count). The summed E-state index contributed by atoms with van der Waals surface area (Å²) in [5, 5.41) is 10.0. The highest BCUT2D eigenvalue weighted by molar-refractivity contribution is 6.41. The maximum atomic E-state index is 6.64. The average molecular weight is 503 g/mol. The van der Waals surface area contributed by atoms with Crippen LogP contribution in [0, 0.1) is 0 Å². The molecule has 0 bridgehead atoms. The van der Waals surface area contributed by atoms with Crippen molar-refractivity contribution in [3.05, 3.63) is 52.4 Å². The monoisotopic (exact) mass is 502 g/mol. The molecule has 3 N–H and O–H groups in total. The molecule has 0 spiro atoms. The molecule has 11 heteroatoms. The van der Waals surface area contributed by atoms with Gasteiger partial charge in [0.05, 0.1) is 49.3 Å². The zero-order valence-electron chi connectivity index (χ0n) is 18.9. The number of rotatable bonds is 9. The minimum absolute atomic E-state index is 0.328. The number of nitrogens with one attached hydrogen (secondary N) is 1. The van der Waals surface area contributed by atoms with Gasteiger partial charge < -0.3 is 25.3 Å². The van der Waals surface area contributed by atoms with Crippen LogP contribution in [0.25, 0.3) is 22.0 Å². The van der Waals surface area contributed by atoms with Crippen LogP contribution in [0.2, 0.25) is 10.0 Å². The third kappa shape index (κ3) is 4.82. The number of aromatic nitrogens is 4. The predicted octanol–water partition coefficient (Wildman–Crippen LogP) is 4.66. The zero-order valence-corrected chi connectivity index (χ0v) is 20.4. The van der Waals surface area contributed by atoms with Crippen LogP contribution < -0.4 is 20.5 Å². The Labute approximate surface area is 206 Å². The van der Waals surface area contributed by atoms with Crippen LogP contribution in [0.15, 0.2) is 36.8 Å². The Bertz CT molecular complexity index is 1300. The molecule has 9 nitrogen and oxygen atoms in total. The summed E-state index contributed by atoms with van der Waals surface area (Å²) in [6.45, 7) is 1.74. The molecule has 3 aromatic heterocycles. The number of hydrogen-bond donors (Lipinski definition) is 2. The molecule has 0 aliphatic heterocycles. The molecule has 4 aromatic rings. The van der Waals surface area contributed by atoms with Gasteiger partial charge in [0.25, 0.3) is 0 Å². The van der Waals surface area contributed by atoms with Gasteiger partial charge in [0.2, 0.25) is 0 Å². The lowest BCUT2D eigenvalue weighted by atomic mass is 10.1. The summed E-state index contributed by atoms with van der Waals surface area (Å²) in [5.41, 5.74) is 7.97. The van der Waals surface area contributed by atoms with Crippen molar-refractivity contribution >= 4 is 45.6 Å². The lowest BCUT2D eigenvalue weighted by molar-refractivity contribution is 0.183. The summed E-state index contributed by atoms with van der Waals surface area (Å²) in [5.74, 6) is 1.83. The number of anilines is 2. The number of ether oxygens (including phenoxy) is 3. The number of benzene rings is 1. The van der Waals surface area contributed by atoms with Crippen molar-refractivity contribution in [3.63, 3.8) is 0 Å². The first kappa shape index (κ1) is 23.9. The fourth-order valence-electron chi connectivity index (χ4n) is 3.53. The predicted molar refractivity (Wildman–Crippen MR) is 134 cm³/mol. The van der Waals surface area contributed by atoms with E-state index in [1.165, 1.54) is 14.2 Å². The van der Waals surface area contributed by atoms with E-state index in [9.17, 15) is 0 Å². The summed E-state index contributed by atoms with van der Waals surface area (Å²) < 4.78 is 17.8. The Kier molecular flexibility index (Phi) is 7.26. The van der Waals surface area contributed by atoms with Crippen molar-refractivity contribution in [2.75, 3.05) is 39.0 Å². The van der Waals surface area contributed by atoms with Crippen LogP contribution in [0.3, 0.4) is 0 Å². The first-order chi connectivity index (χ1) is 16.4. The second kappa shape index (κ2) is 10.3. The average Bonchev–Trinajstić information content (AvgIpc) is 3.29. The molecule has 0 fully saturated rings. The SMILES string of the molecule is COCCn1cc(CNc2nc(-c3c(Cl)c(OC)cc(OC)c3Cl)cc3cnc(N)cc23)cn1. The first-order valence-electron chi connectivity index (χ1n) is 10.4. The molecular formula is C23H24Cl2N6O3. The summed E-state index contributed by atoms with van der Waals surface area (Å²) in [7, 11) is 4.71. The number of pyridine rings is 2. The van der Waals surface area contributed by atoms with Gasteiger partial charge in [0.15, 0.2) is 0 Å². The molecule has 34 heavy (non-hydrogen) atoms. The third-order valence-electron chi connectivity index (χ3n) is 5.24. The van der Waals surface area contributed by atoms with E-state index in [0.717, 1.165) is 16.3 Å². The number of halogens is 2. The van der Waals surface area contributed by atoms with E-state index in [4.69, 9.17) is 48.1 Å². The van der Waals surface area contributed by atoms with Crippen LogP contribution in [0.1, 0.15) is 5.56 Å². The molecule has 178 valence electrons. The van der Waals surface area contributed by atoms with E-state index >= 15 is 0 Å². The van der Waals surface area contributed by atoms with Crippen LogP contribution in [-0.2, 0) is 17.8 Å². The summed E-state index contributed by atoms with van der Waals surface area (Å²) in [4.78, 5) is 9.06. The van der Waals surface area contributed by atoms with E-state index in [1.807, 2.05) is 16.9 Å². The normalized spacial score (nSPS) is 11.1. The number of nitrogens with zero attached hydrogens (tertiary/aromatic N) is 4. The maximum absolute atomic E-state index is 6.64. The van der Waals surface area contributed by atoms with Gasteiger partial charge >= 0.3 is 0 Å². The molecule has 0 radical (unpaired) electrons. The first-order valence-corrected chi connectivity index (χ1v) is 11.1. The minimum atomic E-state index is 0.328. The molecule has 1 aromatic carbocycles. The van der Waals surface area contributed by atoms with Crippen molar-refractivity contribution in [1.82, 2.24) is 19.7 Å². The fraction of sp³-hybridized carbons (Fsp3) is 0.261. The Morgan fingerprint density at radius 2 is 1.76 bits per heavy atom. The Morgan fingerprint density at radius 1 is 1.03 bits per heavy atom. The van der Waals surface area contributed by atoms with E-state index in [2.05, 4.69) is 15.4 Å². The fourth-order valence-corrected chi connectivity index (χ4v) is 4.22. The Balaban J connectivity index is 1.78. The highest BCUT2D eigenvalue weighted by Crippen LogP contribution is 2.46. The molecule has 0 amide bonds. The van der Waals surface area contributed by atoms with Gasteiger partial charge in [-0.25, -0.2) is 9.97 Å². The molecule has 0 atom stereocenters. The molecule has 0 saturated carbocycles. The second-order valence-corrected chi connectivity index (χ2v) is 8.18. The van der Waals surface area contributed by atoms with Crippen molar-refractivity contribution in [3.8, 4) is 22.8 Å². The van der Waals surface area contributed by atoms with E-state index in [-0.39, 0.29) is 0 Å². The van der Waals surface area contributed by atoms with Gasteiger partial charge in [0.1, 0.15) is 23.1 Å². The highest BCUT2D eigenvalue weighted by Gasteiger charge is 2.21. The quantitative estimate of drug-likeness (QED) is 0.340. The smallest absolute Gasteiger partial charge is 0.141 e. The van der Waals surface area contributed by atoms with Gasteiger partial charge in [-0.05, 0) is 12.1 Å². The van der Waals surface area contributed by atoms with Crippen molar-refractivity contribution in [2.24, 2.45) is 0 Å². The minimum Gasteiger partial charge on any atom is -0.495 e. The highest BCUT2D eigenvalue weighted by atomic mass is 35.5. The number of fused-ring (bicyclic) bond motifs is 1. The van der Waals surface area contributed by atoms with Crippen LogP contribution >= 0.6 is 23.2 Å². The molecule has 0 aliphatic rings. The molecule has 0 saturated heterocycles. The van der Waals surface area contributed by atoms with Crippen LogP contribution in [0.4, 0.5) is 11.6 Å².